The third-order valence-corrected chi connectivity index (χ3v) is 4.86. The van der Waals surface area contributed by atoms with Crippen LogP contribution in [-0.2, 0) is 11.3 Å². The van der Waals surface area contributed by atoms with Gasteiger partial charge in [-0.2, -0.15) is 0 Å². The molecule has 4 aromatic rings. The van der Waals surface area contributed by atoms with Crippen LogP contribution in [0.5, 0.6) is 17.2 Å². The van der Waals surface area contributed by atoms with Crippen molar-refractivity contribution in [2.24, 2.45) is 0 Å². The zero-order chi connectivity index (χ0) is 22.0. The van der Waals surface area contributed by atoms with Crippen molar-refractivity contribution in [2.45, 2.75) is 6.54 Å². The minimum Gasteiger partial charge on any atom is -0.507 e. The maximum Gasteiger partial charge on any atom is 0.248 e. The standard InChI is InChI=1S/C23H20N4O4/c1-26(17-10-4-7-13-20(17)30)21(31)14-27-23(16-9-3-6-12-19(16)29)24-22(25-27)15-8-2-5-11-18(15)28/h2-13,28-30H,14H2,1H3. The zero-order valence-corrected chi connectivity index (χ0v) is 16.7. The van der Waals surface area contributed by atoms with Gasteiger partial charge >= 0.3 is 0 Å². The van der Waals surface area contributed by atoms with Crippen LogP contribution in [-0.4, -0.2) is 43.0 Å². The molecule has 0 fully saturated rings. The Bertz CT molecular complexity index is 1250. The number of hydrogen-bond donors (Lipinski definition) is 3. The Kier molecular flexibility index (Phi) is 5.28. The van der Waals surface area contributed by atoms with Gasteiger partial charge in [0.25, 0.3) is 0 Å². The fraction of sp³-hybridized carbons (Fsp3) is 0.0870. The van der Waals surface area contributed by atoms with Gasteiger partial charge in [-0.05, 0) is 36.4 Å². The molecule has 0 aliphatic carbocycles. The fourth-order valence-electron chi connectivity index (χ4n) is 3.21. The number of para-hydroxylation sites is 4. The van der Waals surface area contributed by atoms with Crippen molar-refractivity contribution in [3.8, 4) is 40.0 Å². The van der Waals surface area contributed by atoms with E-state index in [1.165, 1.54) is 27.8 Å². The maximum absolute atomic E-state index is 13.0. The molecule has 8 heteroatoms. The number of anilines is 1. The Morgan fingerprint density at radius 2 is 1.39 bits per heavy atom. The average Bonchev–Trinajstić information content (AvgIpc) is 3.17. The van der Waals surface area contributed by atoms with E-state index in [-0.39, 0.29) is 41.3 Å². The summed E-state index contributed by atoms with van der Waals surface area (Å²) in [5.41, 5.74) is 1.16. The van der Waals surface area contributed by atoms with Gasteiger partial charge in [0.05, 0.1) is 16.8 Å². The van der Waals surface area contributed by atoms with Crippen LogP contribution < -0.4 is 4.90 Å². The second kappa shape index (κ2) is 8.19. The second-order valence-corrected chi connectivity index (χ2v) is 6.89. The van der Waals surface area contributed by atoms with Crippen LogP contribution in [0.4, 0.5) is 5.69 Å². The Morgan fingerprint density at radius 3 is 2.00 bits per heavy atom. The summed E-state index contributed by atoms with van der Waals surface area (Å²) < 4.78 is 1.37. The van der Waals surface area contributed by atoms with Gasteiger partial charge in [-0.15, -0.1) is 5.10 Å². The Labute approximate surface area is 178 Å². The Hall–Kier alpha value is -4.33. The summed E-state index contributed by atoms with van der Waals surface area (Å²) >= 11 is 0. The molecule has 8 nitrogen and oxygen atoms in total. The summed E-state index contributed by atoms with van der Waals surface area (Å²) in [5.74, 6) is 0.104. The average molecular weight is 416 g/mol. The predicted octanol–water partition coefficient (Wildman–Crippen LogP) is 3.39. The molecule has 0 bridgehead atoms. The van der Waals surface area contributed by atoms with Gasteiger partial charge in [0.2, 0.25) is 5.91 Å². The molecule has 0 aliphatic heterocycles. The van der Waals surface area contributed by atoms with Gasteiger partial charge in [-0.3, -0.25) is 4.79 Å². The smallest absolute Gasteiger partial charge is 0.248 e. The van der Waals surface area contributed by atoms with E-state index in [0.29, 0.717) is 16.8 Å². The van der Waals surface area contributed by atoms with Gasteiger partial charge in [0.15, 0.2) is 11.6 Å². The molecule has 0 saturated heterocycles. The van der Waals surface area contributed by atoms with Gasteiger partial charge < -0.3 is 20.2 Å². The minimum atomic E-state index is -0.355. The van der Waals surface area contributed by atoms with Crippen molar-refractivity contribution in [1.82, 2.24) is 14.8 Å². The van der Waals surface area contributed by atoms with Gasteiger partial charge in [0.1, 0.15) is 23.8 Å². The van der Waals surface area contributed by atoms with Crippen LogP contribution >= 0.6 is 0 Å². The normalized spacial score (nSPS) is 10.7. The summed E-state index contributed by atoms with van der Waals surface area (Å²) in [7, 11) is 1.55. The number of likely N-dealkylation sites (N-methyl/N-ethyl adjacent to an activating group) is 1. The maximum atomic E-state index is 13.0. The SMILES string of the molecule is CN(C(=O)Cn1nc(-c2ccccc2O)nc1-c1ccccc1O)c1ccccc1O. The number of nitrogens with zero attached hydrogens (tertiary/aromatic N) is 4. The van der Waals surface area contributed by atoms with Crippen molar-refractivity contribution in [2.75, 3.05) is 11.9 Å². The molecule has 0 radical (unpaired) electrons. The minimum absolute atomic E-state index is 0.00105. The summed E-state index contributed by atoms with van der Waals surface area (Å²) in [4.78, 5) is 18.8. The quantitative estimate of drug-likeness (QED) is 0.460. The molecule has 156 valence electrons. The number of aromatic nitrogens is 3. The number of carbonyl (C=O) groups excluding carboxylic acids is 1. The van der Waals surface area contributed by atoms with Crippen molar-refractivity contribution < 1.29 is 20.1 Å². The molecule has 31 heavy (non-hydrogen) atoms. The van der Waals surface area contributed by atoms with E-state index in [4.69, 9.17) is 0 Å². The van der Waals surface area contributed by atoms with Crippen LogP contribution in [0.15, 0.2) is 72.8 Å². The monoisotopic (exact) mass is 416 g/mol. The third-order valence-electron chi connectivity index (χ3n) is 4.86. The number of rotatable bonds is 5. The molecule has 1 aromatic heterocycles. The van der Waals surface area contributed by atoms with Crippen molar-refractivity contribution >= 4 is 11.6 Å². The number of phenols is 3. The fourth-order valence-corrected chi connectivity index (χ4v) is 3.21. The van der Waals surface area contributed by atoms with Gasteiger partial charge in [0, 0.05) is 7.05 Å². The summed E-state index contributed by atoms with van der Waals surface area (Å²) in [6, 6.07) is 19.7. The summed E-state index contributed by atoms with van der Waals surface area (Å²) in [5, 5.41) is 35.0. The van der Waals surface area contributed by atoms with Gasteiger partial charge in [-0.25, -0.2) is 9.67 Å². The van der Waals surface area contributed by atoms with Crippen molar-refractivity contribution in [3.05, 3.63) is 72.8 Å². The van der Waals surface area contributed by atoms with E-state index in [0.717, 1.165) is 0 Å². The van der Waals surface area contributed by atoms with Crippen LogP contribution in [0, 0.1) is 0 Å². The highest BCUT2D eigenvalue weighted by molar-refractivity contribution is 5.94. The lowest BCUT2D eigenvalue weighted by molar-refractivity contribution is -0.119. The lowest BCUT2D eigenvalue weighted by Gasteiger charge is -2.18. The largest absolute Gasteiger partial charge is 0.507 e. The van der Waals surface area contributed by atoms with Crippen molar-refractivity contribution in [1.29, 1.82) is 0 Å². The number of hydrogen-bond acceptors (Lipinski definition) is 6. The molecule has 1 amide bonds. The molecular weight excluding hydrogens is 396 g/mol. The molecule has 0 saturated carbocycles. The number of benzene rings is 3. The van der Waals surface area contributed by atoms with E-state index < -0.39 is 0 Å². The van der Waals surface area contributed by atoms with Crippen LogP contribution in [0.25, 0.3) is 22.8 Å². The van der Waals surface area contributed by atoms with E-state index in [9.17, 15) is 20.1 Å². The first kappa shape index (κ1) is 20.0. The number of aromatic hydroxyl groups is 3. The molecule has 3 N–H and O–H groups in total. The van der Waals surface area contributed by atoms with E-state index in [1.54, 1.807) is 61.6 Å². The van der Waals surface area contributed by atoms with E-state index in [1.807, 2.05) is 0 Å². The van der Waals surface area contributed by atoms with Crippen LogP contribution in [0.1, 0.15) is 0 Å². The first-order chi connectivity index (χ1) is 15.0. The summed E-state index contributed by atoms with van der Waals surface area (Å²) in [6.07, 6.45) is 0. The number of phenolic OH excluding ortho intramolecular Hbond substituents is 3. The highest BCUT2D eigenvalue weighted by Crippen LogP contribution is 2.32. The highest BCUT2D eigenvalue weighted by Gasteiger charge is 2.22. The summed E-state index contributed by atoms with van der Waals surface area (Å²) in [6.45, 7) is -0.199. The lowest BCUT2D eigenvalue weighted by Crippen LogP contribution is -2.30. The predicted molar refractivity (Wildman–Crippen MR) is 116 cm³/mol. The third kappa shape index (κ3) is 3.91. The van der Waals surface area contributed by atoms with Crippen LogP contribution in [0.2, 0.25) is 0 Å². The highest BCUT2D eigenvalue weighted by atomic mass is 16.3. The first-order valence-electron chi connectivity index (χ1n) is 9.52. The van der Waals surface area contributed by atoms with Crippen LogP contribution in [0.3, 0.4) is 0 Å². The number of carbonyl (C=O) groups is 1. The Balaban J connectivity index is 1.75. The molecule has 0 atom stereocenters. The molecular formula is C23H20N4O4. The van der Waals surface area contributed by atoms with Gasteiger partial charge in [-0.1, -0.05) is 36.4 Å². The number of amides is 1. The van der Waals surface area contributed by atoms with E-state index in [2.05, 4.69) is 10.1 Å². The Morgan fingerprint density at radius 1 is 0.839 bits per heavy atom. The second-order valence-electron chi connectivity index (χ2n) is 6.89. The topological polar surface area (TPSA) is 112 Å². The zero-order valence-electron chi connectivity index (χ0n) is 16.7. The molecule has 4 rings (SSSR count). The molecule has 0 aliphatic rings. The van der Waals surface area contributed by atoms with Crippen molar-refractivity contribution in [3.63, 3.8) is 0 Å². The molecule has 1 heterocycles. The lowest BCUT2D eigenvalue weighted by atomic mass is 10.2. The molecule has 0 unspecified atom stereocenters. The molecule has 0 spiro atoms. The molecule has 3 aromatic carbocycles. The van der Waals surface area contributed by atoms with E-state index >= 15 is 0 Å². The first-order valence-corrected chi connectivity index (χ1v) is 9.52.